The SMILES string of the molecule is O=C(O)CCCNc1nc2ccccc2s1. The standard InChI is InChI=1S/C11H12N2O2S/c14-10(15)6-3-7-12-11-13-8-4-1-2-5-9(8)16-11/h1-2,4-5H,3,6-7H2,(H,12,13)(H,14,15). The van der Waals surface area contributed by atoms with Crippen LogP contribution in [0.5, 0.6) is 0 Å². The van der Waals surface area contributed by atoms with Crippen LogP contribution in [0.1, 0.15) is 12.8 Å². The van der Waals surface area contributed by atoms with E-state index >= 15 is 0 Å². The summed E-state index contributed by atoms with van der Waals surface area (Å²) in [5.74, 6) is -0.758. The first-order valence-corrected chi connectivity index (χ1v) is 5.88. The quantitative estimate of drug-likeness (QED) is 0.783. The Morgan fingerprint density at radius 2 is 2.25 bits per heavy atom. The minimum absolute atomic E-state index is 0.192. The molecular weight excluding hydrogens is 224 g/mol. The van der Waals surface area contributed by atoms with Gasteiger partial charge >= 0.3 is 5.97 Å². The van der Waals surface area contributed by atoms with E-state index in [9.17, 15) is 4.79 Å². The fourth-order valence-corrected chi connectivity index (χ4v) is 2.27. The lowest BCUT2D eigenvalue weighted by Gasteiger charge is -1.99. The summed E-state index contributed by atoms with van der Waals surface area (Å²) in [7, 11) is 0. The molecule has 0 aliphatic rings. The van der Waals surface area contributed by atoms with Crippen molar-refractivity contribution < 1.29 is 9.90 Å². The lowest BCUT2D eigenvalue weighted by molar-refractivity contribution is -0.137. The zero-order chi connectivity index (χ0) is 11.4. The Kier molecular flexibility index (Phi) is 3.36. The van der Waals surface area contributed by atoms with Crippen molar-refractivity contribution in [3.05, 3.63) is 24.3 Å². The van der Waals surface area contributed by atoms with Crippen LogP contribution < -0.4 is 5.32 Å². The van der Waals surface area contributed by atoms with E-state index in [0.29, 0.717) is 13.0 Å². The second-order valence-electron chi connectivity index (χ2n) is 3.41. The molecule has 0 amide bonds. The molecule has 1 aromatic heterocycles. The molecule has 84 valence electrons. The summed E-state index contributed by atoms with van der Waals surface area (Å²) in [6.45, 7) is 0.645. The summed E-state index contributed by atoms with van der Waals surface area (Å²) in [4.78, 5) is 14.7. The van der Waals surface area contributed by atoms with E-state index in [1.807, 2.05) is 24.3 Å². The molecule has 4 nitrogen and oxygen atoms in total. The number of carbonyl (C=O) groups is 1. The van der Waals surface area contributed by atoms with Crippen LogP contribution in [0.4, 0.5) is 5.13 Å². The topological polar surface area (TPSA) is 62.2 Å². The third kappa shape index (κ3) is 2.70. The third-order valence-corrected chi connectivity index (χ3v) is 3.13. The number of aliphatic carboxylic acids is 1. The molecule has 0 saturated heterocycles. The van der Waals surface area contributed by atoms with Gasteiger partial charge in [-0.1, -0.05) is 23.5 Å². The highest BCUT2D eigenvalue weighted by atomic mass is 32.1. The number of hydrogen-bond acceptors (Lipinski definition) is 4. The maximum absolute atomic E-state index is 10.3. The van der Waals surface area contributed by atoms with Gasteiger partial charge < -0.3 is 10.4 Å². The fourth-order valence-electron chi connectivity index (χ4n) is 1.38. The molecule has 0 bridgehead atoms. The van der Waals surface area contributed by atoms with Crippen molar-refractivity contribution in [2.75, 3.05) is 11.9 Å². The number of nitrogens with zero attached hydrogens (tertiary/aromatic N) is 1. The van der Waals surface area contributed by atoms with E-state index in [-0.39, 0.29) is 6.42 Å². The van der Waals surface area contributed by atoms with Crippen LogP contribution >= 0.6 is 11.3 Å². The molecule has 0 atom stereocenters. The van der Waals surface area contributed by atoms with Crippen molar-refractivity contribution in [2.24, 2.45) is 0 Å². The minimum atomic E-state index is -0.758. The predicted molar refractivity (Wildman–Crippen MR) is 65.0 cm³/mol. The van der Waals surface area contributed by atoms with Gasteiger partial charge in [0, 0.05) is 13.0 Å². The van der Waals surface area contributed by atoms with E-state index in [2.05, 4.69) is 10.3 Å². The summed E-state index contributed by atoms with van der Waals surface area (Å²) in [5, 5.41) is 12.5. The number of thiazole rings is 1. The Hall–Kier alpha value is -1.62. The lowest BCUT2D eigenvalue weighted by Crippen LogP contribution is -2.04. The van der Waals surface area contributed by atoms with Crippen molar-refractivity contribution >= 4 is 32.7 Å². The van der Waals surface area contributed by atoms with Gasteiger partial charge in [-0.15, -0.1) is 0 Å². The van der Waals surface area contributed by atoms with E-state index in [1.165, 1.54) is 0 Å². The number of carboxylic acid groups (broad SMARTS) is 1. The molecule has 0 aliphatic carbocycles. The Bertz CT molecular complexity index is 462. The van der Waals surface area contributed by atoms with Crippen LogP contribution in [0, 0.1) is 0 Å². The molecule has 0 radical (unpaired) electrons. The van der Waals surface area contributed by atoms with Crippen molar-refractivity contribution in [3.8, 4) is 0 Å². The molecule has 2 N–H and O–H groups in total. The highest BCUT2D eigenvalue weighted by Gasteiger charge is 2.02. The molecule has 2 aromatic rings. The van der Waals surface area contributed by atoms with E-state index < -0.39 is 5.97 Å². The maximum atomic E-state index is 10.3. The van der Waals surface area contributed by atoms with Crippen molar-refractivity contribution in [1.82, 2.24) is 4.98 Å². The minimum Gasteiger partial charge on any atom is -0.481 e. The Morgan fingerprint density at radius 3 is 3.00 bits per heavy atom. The molecule has 16 heavy (non-hydrogen) atoms. The number of nitrogens with one attached hydrogen (secondary N) is 1. The molecule has 5 heteroatoms. The van der Waals surface area contributed by atoms with Gasteiger partial charge in [-0.25, -0.2) is 4.98 Å². The van der Waals surface area contributed by atoms with Gasteiger partial charge in [0.05, 0.1) is 10.2 Å². The van der Waals surface area contributed by atoms with Gasteiger partial charge in [-0.2, -0.15) is 0 Å². The monoisotopic (exact) mass is 236 g/mol. The maximum Gasteiger partial charge on any atom is 0.303 e. The average molecular weight is 236 g/mol. The predicted octanol–water partition coefficient (Wildman–Crippen LogP) is 2.57. The van der Waals surface area contributed by atoms with Gasteiger partial charge in [-0.05, 0) is 18.6 Å². The largest absolute Gasteiger partial charge is 0.481 e. The van der Waals surface area contributed by atoms with Crippen LogP contribution in [-0.2, 0) is 4.79 Å². The highest BCUT2D eigenvalue weighted by molar-refractivity contribution is 7.22. The van der Waals surface area contributed by atoms with Crippen LogP contribution in [0.15, 0.2) is 24.3 Å². The smallest absolute Gasteiger partial charge is 0.303 e. The molecule has 1 aromatic carbocycles. The van der Waals surface area contributed by atoms with Gasteiger partial charge in [0.2, 0.25) is 0 Å². The number of fused-ring (bicyclic) bond motifs is 1. The summed E-state index contributed by atoms with van der Waals surface area (Å²) in [6, 6.07) is 7.93. The Labute approximate surface area is 96.9 Å². The zero-order valence-corrected chi connectivity index (χ0v) is 9.46. The Morgan fingerprint density at radius 1 is 1.44 bits per heavy atom. The van der Waals surface area contributed by atoms with Crippen LogP contribution in [0.25, 0.3) is 10.2 Å². The van der Waals surface area contributed by atoms with E-state index in [4.69, 9.17) is 5.11 Å². The van der Waals surface area contributed by atoms with Crippen molar-refractivity contribution in [1.29, 1.82) is 0 Å². The average Bonchev–Trinajstić information content (AvgIpc) is 2.66. The van der Waals surface area contributed by atoms with Crippen molar-refractivity contribution in [2.45, 2.75) is 12.8 Å². The zero-order valence-electron chi connectivity index (χ0n) is 8.64. The van der Waals surface area contributed by atoms with Gasteiger partial charge in [0.25, 0.3) is 0 Å². The molecular formula is C11H12N2O2S. The number of benzene rings is 1. The second kappa shape index (κ2) is 4.94. The number of aromatic nitrogens is 1. The molecule has 0 unspecified atom stereocenters. The summed E-state index contributed by atoms with van der Waals surface area (Å²) >= 11 is 1.59. The highest BCUT2D eigenvalue weighted by Crippen LogP contribution is 2.25. The van der Waals surface area contributed by atoms with Gasteiger partial charge in [0.15, 0.2) is 5.13 Å². The van der Waals surface area contributed by atoms with Crippen LogP contribution in [-0.4, -0.2) is 22.6 Å². The summed E-state index contributed by atoms with van der Waals surface area (Å²) < 4.78 is 1.14. The fraction of sp³-hybridized carbons (Fsp3) is 0.273. The van der Waals surface area contributed by atoms with Gasteiger partial charge in [0.1, 0.15) is 0 Å². The normalized spacial score (nSPS) is 10.5. The van der Waals surface area contributed by atoms with Gasteiger partial charge in [-0.3, -0.25) is 4.79 Å². The first kappa shape index (κ1) is 10.9. The number of carboxylic acids is 1. The molecule has 0 aliphatic heterocycles. The van der Waals surface area contributed by atoms with E-state index in [0.717, 1.165) is 15.3 Å². The van der Waals surface area contributed by atoms with E-state index in [1.54, 1.807) is 11.3 Å². The molecule has 1 heterocycles. The molecule has 0 saturated carbocycles. The Balaban J connectivity index is 1.92. The third-order valence-electron chi connectivity index (χ3n) is 2.14. The molecule has 0 spiro atoms. The number of para-hydroxylation sites is 1. The first-order valence-electron chi connectivity index (χ1n) is 5.07. The molecule has 0 fully saturated rings. The van der Waals surface area contributed by atoms with Crippen LogP contribution in [0.3, 0.4) is 0 Å². The van der Waals surface area contributed by atoms with Crippen molar-refractivity contribution in [3.63, 3.8) is 0 Å². The number of anilines is 1. The number of rotatable bonds is 5. The summed E-state index contributed by atoms with van der Waals surface area (Å²) in [6.07, 6.45) is 0.809. The number of hydrogen-bond donors (Lipinski definition) is 2. The lowest BCUT2D eigenvalue weighted by atomic mass is 10.3. The summed E-state index contributed by atoms with van der Waals surface area (Å²) in [5.41, 5.74) is 0.980. The van der Waals surface area contributed by atoms with Crippen LogP contribution in [0.2, 0.25) is 0 Å². The molecule has 2 rings (SSSR count). The first-order chi connectivity index (χ1) is 7.75. The second-order valence-corrected chi connectivity index (χ2v) is 4.44.